The molecule has 5 nitrogen and oxygen atoms in total. The summed E-state index contributed by atoms with van der Waals surface area (Å²) >= 11 is 0. The third-order valence-electron chi connectivity index (χ3n) is 6.44. The Kier molecular flexibility index (Phi) is 6.36. The van der Waals surface area contributed by atoms with E-state index in [0.717, 1.165) is 37.0 Å². The normalized spacial score (nSPS) is 18.7. The fourth-order valence-corrected chi connectivity index (χ4v) is 4.76. The lowest BCUT2D eigenvalue weighted by molar-refractivity contribution is -0.131. The number of ether oxygens (including phenoxy) is 1. The van der Waals surface area contributed by atoms with Gasteiger partial charge >= 0.3 is 0 Å². The Morgan fingerprint density at radius 1 is 1.03 bits per heavy atom. The van der Waals surface area contributed by atoms with E-state index in [1.165, 1.54) is 11.1 Å². The average molecular weight is 407 g/mol. The quantitative estimate of drug-likeness (QED) is 0.799. The molecule has 4 rings (SSSR count). The van der Waals surface area contributed by atoms with Crippen LogP contribution in [-0.4, -0.2) is 43.0 Å². The Hall–Kier alpha value is -2.82. The van der Waals surface area contributed by atoms with Crippen LogP contribution >= 0.6 is 0 Å². The number of rotatable bonds is 6. The molecule has 1 saturated heterocycles. The molecule has 1 heterocycles. The van der Waals surface area contributed by atoms with E-state index >= 15 is 0 Å². The maximum absolute atomic E-state index is 12.7. The average Bonchev–Trinajstić information content (AvgIpc) is 3.17. The van der Waals surface area contributed by atoms with Crippen molar-refractivity contribution in [2.75, 3.05) is 20.2 Å². The smallest absolute Gasteiger partial charge is 0.227 e. The van der Waals surface area contributed by atoms with Crippen LogP contribution in [0.15, 0.2) is 48.5 Å². The van der Waals surface area contributed by atoms with E-state index < -0.39 is 0 Å². The Bertz CT molecular complexity index is 903. The van der Waals surface area contributed by atoms with Crippen molar-refractivity contribution in [2.24, 2.45) is 0 Å². The second kappa shape index (κ2) is 9.33. The Morgan fingerprint density at radius 2 is 1.77 bits per heavy atom. The molecule has 2 aliphatic rings. The fourth-order valence-electron chi connectivity index (χ4n) is 4.76. The van der Waals surface area contributed by atoms with Crippen LogP contribution in [0, 0.1) is 0 Å². The van der Waals surface area contributed by atoms with Gasteiger partial charge in [0.1, 0.15) is 5.75 Å². The minimum atomic E-state index is 0.117. The molecule has 0 radical (unpaired) electrons. The van der Waals surface area contributed by atoms with Gasteiger partial charge in [0.15, 0.2) is 0 Å². The predicted molar refractivity (Wildman–Crippen MR) is 117 cm³/mol. The number of piperidine rings is 1. The van der Waals surface area contributed by atoms with Crippen LogP contribution in [0.1, 0.15) is 48.3 Å². The number of benzene rings is 2. The summed E-state index contributed by atoms with van der Waals surface area (Å²) in [5, 5.41) is 3.21. The molecule has 1 fully saturated rings. The summed E-state index contributed by atoms with van der Waals surface area (Å²) in [7, 11) is 1.63. The van der Waals surface area contributed by atoms with Gasteiger partial charge in [-0.1, -0.05) is 42.5 Å². The highest BCUT2D eigenvalue weighted by Crippen LogP contribution is 2.35. The van der Waals surface area contributed by atoms with E-state index in [0.29, 0.717) is 31.8 Å². The van der Waals surface area contributed by atoms with Crippen LogP contribution in [0.25, 0.3) is 0 Å². The summed E-state index contributed by atoms with van der Waals surface area (Å²) in [6.07, 6.45) is 4.66. The summed E-state index contributed by atoms with van der Waals surface area (Å²) in [4.78, 5) is 27.2. The number of methoxy groups -OCH3 is 1. The van der Waals surface area contributed by atoms with E-state index in [1.54, 1.807) is 7.11 Å². The van der Waals surface area contributed by atoms with Crippen molar-refractivity contribution < 1.29 is 14.3 Å². The van der Waals surface area contributed by atoms with Crippen LogP contribution < -0.4 is 10.1 Å². The number of carbonyl (C=O) groups excluding carboxylic acids is 2. The second-order valence-electron chi connectivity index (χ2n) is 8.35. The minimum absolute atomic E-state index is 0.117. The lowest BCUT2D eigenvalue weighted by Gasteiger charge is -2.32. The summed E-state index contributed by atoms with van der Waals surface area (Å²) in [5.41, 5.74) is 3.64. The molecule has 0 spiro atoms. The molecule has 1 unspecified atom stereocenters. The van der Waals surface area contributed by atoms with Crippen LogP contribution in [0.3, 0.4) is 0 Å². The number of amides is 2. The monoisotopic (exact) mass is 406 g/mol. The van der Waals surface area contributed by atoms with Gasteiger partial charge in [0.25, 0.3) is 0 Å². The number of likely N-dealkylation sites (tertiary alicyclic amines) is 1. The van der Waals surface area contributed by atoms with Gasteiger partial charge in [-0.05, 0) is 48.8 Å². The Morgan fingerprint density at radius 3 is 2.57 bits per heavy atom. The third-order valence-corrected chi connectivity index (χ3v) is 6.44. The van der Waals surface area contributed by atoms with Gasteiger partial charge in [0.05, 0.1) is 13.5 Å². The highest BCUT2D eigenvalue weighted by atomic mass is 16.5. The number of fused-ring (bicyclic) bond motifs is 1. The molecule has 2 aromatic rings. The topological polar surface area (TPSA) is 58.6 Å². The highest BCUT2D eigenvalue weighted by molar-refractivity contribution is 5.80. The van der Waals surface area contributed by atoms with Crippen molar-refractivity contribution in [1.29, 1.82) is 0 Å². The second-order valence-corrected chi connectivity index (χ2v) is 8.35. The number of nitrogens with zero attached hydrogens (tertiary/aromatic N) is 1. The maximum atomic E-state index is 12.7. The minimum Gasteiger partial charge on any atom is -0.496 e. The van der Waals surface area contributed by atoms with Crippen LogP contribution in [0.5, 0.6) is 5.75 Å². The Labute approximate surface area is 178 Å². The zero-order chi connectivity index (χ0) is 20.9. The molecule has 1 aliphatic carbocycles. The Balaban J connectivity index is 1.24. The standard InChI is InChI=1S/C25H30N2O3/c1-30-23-9-5-3-7-20(23)17-25(29)27-14-12-21(13-15-27)26-24(28)16-19-11-10-18-6-2-4-8-22(18)19/h2-9,19,21H,10-17H2,1H3,(H,26,28). The van der Waals surface area contributed by atoms with Crippen molar-refractivity contribution in [3.63, 3.8) is 0 Å². The number of carbonyl (C=O) groups is 2. The lowest BCUT2D eigenvalue weighted by Crippen LogP contribution is -2.47. The zero-order valence-corrected chi connectivity index (χ0v) is 17.6. The first kappa shape index (κ1) is 20.5. The van der Waals surface area contributed by atoms with Gasteiger partial charge < -0.3 is 15.0 Å². The molecular formula is C25H30N2O3. The first-order chi connectivity index (χ1) is 14.6. The predicted octanol–water partition coefficient (Wildman–Crippen LogP) is 3.47. The van der Waals surface area contributed by atoms with E-state index in [1.807, 2.05) is 29.2 Å². The number of hydrogen-bond donors (Lipinski definition) is 1. The van der Waals surface area contributed by atoms with Gasteiger partial charge in [0.2, 0.25) is 11.8 Å². The van der Waals surface area contributed by atoms with Crippen molar-refractivity contribution in [1.82, 2.24) is 10.2 Å². The summed E-state index contributed by atoms with van der Waals surface area (Å²) in [6, 6.07) is 16.3. The van der Waals surface area contributed by atoms with Crippen LogP contribution in [0.4, 0.5) is 0 Å². The molecule has 158 valence electrons. The molecule has 0 bridgehead atoms. The number of nitrogens with one attached hydrogen (secondary N) is 1. The molecule has 5 heteroatoms. The van der Waals surface area contributed by atoms with Gasteiger partial charge in [0, 0.05) is 31.1 Å². The SMILES string of the molecule is COc1ccccc1CC(=O)N1CCC(NC(=O)CC2CCc3ccccc32)CC1. The molecular weight excluding hydrogens is 376 g/mol. The van der Waals surface area contributed by atoms with E-state index in [9.17, 15) is 9.59 Å². The number of aryl methyl sites for hydroxylation is 1. The van der Waals surface area contributed by atoms with E-state index in [4.69, 9.17) is 4.74 Å². The molecule has 0 saturated carbocycles. The fraction of sp³-hybridized carbons (Fsp3) is 0.440. The van der Waals surface area contributed by atoms with Crippen molar-refractivity contribution in [3.05, 3.63) is 65.2 Å². The van der Waals surface area contributed by atoms with E-state index in [2.05, 4.69) is 29.6 Å². The summed E-state index contributed by atoms with van der Waals surface area (Å²) < 4.78 is 5.35. The van der Waals surface area contributed by atoms with Crippen LogP contribution in [-0.2, 0) is 22.4 Å². The number of para-hydroxylation sites is 1. The van der Waals surface area contributed by atoms with Gasteiger partial charge in [-0.2, -0.15) is 0 Å². The molecule has 2 aromatic carbocycles. The van der Waals surface area contributed by atoms with Gasteiger partial charge in [-0.15, -0.1) is 0 Å². The van der Waals surface area contributed by atoms with Gasteiger partial charge in [-0.3, -0.25) is 9.59 Å². The highest BCUT2D eigenvalue weighted by Gasteiger charge is 2.27. The van der Waals surface area contributed by atoms with E-state index in [-0.39, 0.29) is 17.9 Å². The molecule has 1 aliphatic heterocycles. The molecule has 0 aromatic heterocycles. The first-order valence-corrected chi connectivity index (χ1v) is 10.9. The summed E-state index contributed by atoms with van der Waals surface area (Å²) in [5.74, 6) is 1.34. The van der Waals surface area contributed by atoms with Crippen molar-refractivity contribution in [3.8, 4) is 5.75 Å². The summed E-state index contributed by atoms with van der Waals surface area (Å²) in [6.45, 7) is 1.37. The first-order valence-electron chi connectivity index (χ1n) is 10.9. The molecule has 30 heavy (non-hydrogen) atoms. The van der Waals surface area contributed by atoms with Crippen LogP contribution in [0.2, 0.25) is 0 Å². The largest absolute Gasteiger partial charge is 0.496 e. The number of hydrogen-bond acceptors (Lipinski definition) is 3. The molecule has 1 atom stereocenters. The maximum Gasteiger partial charge on any atom is 0.227 e. The van der Waals surface area contributed by atoms with Crippen molar-refractivity contribution in [2.45, 2.75) is 50.5 Å². The third kappa shape index (κ3) is 4.66. The van der Waals surface area contributed by atoms with Gasteiger partial charge in [-0.25, -0.2) is 0 Å². The van der Waals surface area contributed by atoms with Crippen molar-refractivity contribution >= 4 is 11.8 Å². The molecule has 2 amide bonds. The lowest BCUT2D eigenvalue weighted by atomic mass is 9.96. The molecule has 1 N–H and O–H groups in total. The zero-order valence-electron chi connectivity index (χ0n) is 17.6.